The zero-order chi connectivity index (χ0) is 13.1. The highest BCUT2D eigenvalue weighted by Gasteiger charge is 2.46. The van der Waals surface area contributed by atoms with E-state index in [1.807, 2.05) is 0 Å². The molecule has 0 spiro atoms. The maximum Gasteiger partial charge on any atom is 0.405 e. The van der Waals surface area contributed by atoms with E-state index in [0.29, 0.717) is 25.4 Å². The molecule has 0 radical (unpaired) electrons. The molecular formula is C12H23F3N2. The molecule has 0 bridgehead atoms. The molecule has 0 aromatic heterocycles. The van der Waals surface area contributed by atoms with E-state index < -0.39 is 18.3 Å². The minimum atomic E-state index is -4.22. The van der Waals surface area contributed by atoms with Crippen molar-refractivity contribution in [2.75, 3.05) is 13.1 Å². The molecule has 1 aliphatic rings. The van der Waals surface area contributed by atoms with Crippen molar-refractivity contribution in [1.29, 1.82) is 0 Å². The van der Waals surface area contributed by atoms with Gasteiger partial charge < -0.3 is 5.73 Å². The van der Waals surface area contributed by atoms with Crippen LogP contribution in [0.2, 0.25) is 0 Å². The Labute approximate surface area is 101 Å². The van der Waals surface area contributed by atoms with E-state index >= 15 is 0 Å². The Morgan fingerprint density at radius 2 is 1.94 bits per heavy atom. The van der Waals surface area contributed by atoms with E-state index in [2.05, 4.69) is 6.92 Å². The van der Waals surface area contributed by atoms with Gasteiger partial charge in [0, 0.05) is 6.04 Å². The average molecular weight is 252 g/mol. The Balaban J connectivity index is 2.75. The maximum absolute atomic E-state index is 13.1. The SMILES string of the molecule is CCC(N)C(N1CCCC(C)CC1)C(F)(F)F. The second-order valence-corrected chi connectivity index (χ2v) is 5.13. The number of rotatable bonds is 3. The molecule has 1 rings (SSSR count). The fourth-order valence-electron chi connectivity index (χ4n) is 2.51. The van der Waals surface area contributed by atoms with Crippen molar-refractivity contribution in [2.45, 2.75) is 57.8 Å². The van der Waals surface area contributed by atoms with Gasteiger partial charge in [-0.25, -0.2) is 0 Å². The Morgan fingerprint density at radius 1 is 1.29 bits per heavy atom. The molecule has 0 aromatic carbocycles. The fourth-order valence-corrected chi connectivity index (χ4v) is 2.51. The van der Waals surface area contributed by atoms with Crippen LogP contribution in [-0.4, -0.2) is 36.2 Å². The van der Waals surface area contributed by atoms with Crippen LogP contribution >= 0.6 is 0 Å². The van der Waals surface area contributed by atoms with Gasteiger partial charge in [-0.2, -0.15) is 13.2 Å². The summed E-state index contributed by atoms with van der Waals surface area (Å²) in [4.78, 5) is 1.54. The zero-order valence-corrected chi connectivity index (χ0v) is 10.6. The van der Waals surface area contributed by atoms with Crippen LogP contribution in [0.15, 0.2) is 0 Å². The molecule has 0 aliphatic carbocycles. The monoisotopic (exact) mass is 252 g/mol. The van der Waals surface area contributed by atoms with Gasteiger partial charge in [-0.3, -0.25) is 4.90 Å². The second-order valence-electron chi connectivity index (χ2n) is 5.13. The van der Waals surface area contributed by atoms with Crippen LogP contribution in [0.3, 0.4) is 0 Å². The molecular weight excluding hydrogens is 229 g/mol. The summed E-state index contributed by atoms with van der Waals surface area (Å²) in [5.74, 6) is 0.520. The Kier molecular flexibility index (Phi) is 5.25. The first-order valence-electron chi connectivity index (χ1n) is 6.42. The van der Waals surface area contributed by atoms with E-state index in [1.54, 1.807) is 6.92 Å². The van der Waals surface area contributed by atoms with E-state index in [4.69, 9.17) is 5.73 Å². The van der Waals surface area contributed by atoms with E-state index in [9.17, 15) is 13.2 Å². The van der Waals surface area contributed by atoms with Crippen LogP contribution in [0, 0.1) is 5.92 Å². The van der Waals surface area contributed by atoms with Crippen LogP contribution in [0.1, 0.15) is 39.5 Å². The lowest BCUT2D eigenvalue weighted by atomic mass is 10.0. The van der Waals surface area contributed by atoms with Crippen LogP contribution in [-0.2, 0) is 0 Å². The minimum absolute atomic E-state index is 0.357. The molecule has 0 aromatic rings. The third-order valence-corrected chi connectivity index (χ3v) is 3.66. The van der Waals surface area contributed by atoms with Crippen molar-refractivity contribution < 1.29 is 13.2 Å². The predicted molar refractivity (Wildman–Crippen MR) is 62.7 cm³/mol. The molecule has 1 saturated heterocycles. The Bertz CT molecular complexity index is 230. The number of hydrogen-bond donors (Lipinski definition) is 1. The summed E-state index contributed by atoms with van der Waals surface area (Å²) < 4.78 is 39.2. The van der Waals surface area contributed by atoms with E-state index in [-0.39, 0.29) is 0 Å². The van der Waals surface area contributed by atoms with Crippen molar-refractivity contribution in [3.05, 3.63) is 0 Å². The smallest absolute Gasteiger partial charge is 0.326 e. The lowest BCUT2D eigenvalue weighted by Crippen LogP contribution is -2.56. The molecule has 0 saturated carbocycles. The van der Waals surface area contributed by atoms with Gasteiger partial charge >= 0.3 is 6.18 Å². The summed E-state index contributed by atoms with van der Waals surface area (Å²) in [6.45, 7) is 4.84. The number of likely N-dealkylation sites (tertiary alicyclic amines) is 1. The first-order chi connectivity index (χ1) is 7.86. The highest BCUT2D eigenvalue weighted by atomic mass is 19.4. The molecule has 3 unspecified atom stereocenters. The van der Waals surface area contributed by atoms with Crippen molar-refractivity contribution in [2.24, 2.45) is 11.7 Å². The lowest BCUT2D eigenvalue weighted by molar-refractivity contribution is -0.189. The highest BCUT2D eigenvalue weighted by molar-refractivity contribution is 4.88. The molecule has 1 aliphatic heterocycles. The number of nitrogens with two attached hydrogens (primary N) is 1. The van der Waals surface area contributed by atoms with Crippen LogP contribution in [0.25, 0.3) is 0 Å². The van der Waals surface area contributed by atoms with Gasteiger partial charge in [0.1, 0.15) is 6.04 Å². The Morgan fingerprint density at radius 3 is 2.47 bits per heavy atom. The first kappa shape index (κ1) is 14.8. The first-order valence-corrected chi connectivity index (χ1v) is 6.42. The van der Waals surface area contributed by atoms with Gasteiger partial charge in [-0.1, -0.05) is 13.8 Å². The molecule has 1 heterocycles. The fraction of sp³-hybridized carbons (Fsp3) is 1.00. The third-order valence-electron chi connectivity index (χ3n) is 3.66. The van der Waals surface area contributed by atoms with Gasteiger partial charge in [-0.15, -0.1) is 0 Å². The second kappa shape index (κ2) is 6.05. The number of alkyl halides is 3. The van der Waals surface area contributed by atoms with Crippen molar-refractivity contribution in [3.8, 4) is 0 Å². The summed E-state index contributed by atoms with van der Waals surface area (Å²) in [7, 11) is 0. The molecule has 0 amide bonds. The molecule has 2 N–H and O–H groups in total. The van der Waals surface area contributed by atoms with Crippen LogP contribution < -0.4 is 5.73 Å². The third kappa shape index (κ3) is 4.14. The van der Waals surface area contributed by atoms with E-state index in [1.165, 1.54) is 4.90 Å². The lowest BCUT2D eigenvalue weighted by Gasteiger charge is -2.35. The van der Waals surface area contributed by atoms with Crippen molar-refractivity contribution in [3.63, 3.8) is 0 Å². The minimum Gasteiger partial charge on any atom is -0.326 e. The number of hydrogen-bond acceptors (Lipinski definition) is 2. The largest absolute Gasteiger partial charge is 0.405 e. The Hall–Kier alpha value is -0.290. The number of nitrogens with zero attached hydrogens (tertiary/aromatic N) is 1. The van der Waals surface area contributed by atoms with Crippen molar-refractivity contribution in [1.82, 2.24) is 4.90 Å². The quantitative estimate of drug-likeness (QED) is 0.837. The number of halogens is 3. The molecule has 17 heavy (non-hydrogen) atoms. The summed E-state index contributed by atoms with van der Waals surface area (Å²) in [6, 6.07) is -2.29. The van der Waals surface area contributed by atoms with Gasteiger partial charge in [0.25, 0.3) is 0 Å². The van der Waals surface area contributed by atoms with Gasteiger partial charge in [-0.05, 0) is 44.7 Å². The summed E-state index contributed by atoms with van der Waals surface area (Å²) in [5.41, 5.74) is 5.66. The van der Waals surface area contributed by atoms with Gasteiger partial charge in [0.05, 0.1) is 0 Å². The molecule has 102 valence electrons. The average Bonchev–Trinajstić information content (AvgIpc) is 2.42. The maximum atomic E-state index is 13.1. The standard InChI is InChI=1S/C12H23F3N2/c1-3-10(16)11(12(13,14)15)17-7-4-5-9(2)6-8-17/h9-11H,3-8,16H2,1-2H3. The van der Waals surface area contributed by atoms with Crippen LogP contribution in [0.5, 0.6) is 0 Å². The highest BCUT2D eigenvalue weighted by Crippen LogP contribution is 2.30. The van der Waals surface area contributed by atoms with Crippen LogP contribution in [0.4, 0.5) is 13.2 Å². The van der Waals surface area contributed by atoms with E-state index in [0.717, 1.165) is 19.3 Å². The predicted octanol–water partition coefficient (Wildman–Crippen LogP) is 2.78. The molecule has 5 heteroatoms. The molecule has 1 fully saturated rings. The molecule has 2 nitrogen and oxygen atoms in total. The summed E-state index contributed by atoms with van der Waals surface area (Å²) >= 11 is 0. The summed E-state index contributed by atoms with van der Waals surface area (Å²) in [6.07, 6.45) is -1.17. The van der Waals surface area contributed by atoms with Crippen molar-refractivity contribution >= 4 is 0 Å². The molecule has 3 atom stereocenters. The van der Waals surface area contributed by atoms with Gasteiger partial charge in [0.15, 0.2) is 0 Å². The van der Waals surface area contributed by atoms with Gasteiger partial charge in [0.2, 0.25) is 0 Å². The summed E-state index contributed by atoms with van der Waals surface area (Å²) in [5, 5.41) is 0. The zero-order valence-electron chi connectivity index (χ0n) is 10.6. The normalized spacial score (nSPS) is 27.5. The topological polar surface area (TPSA) is 29.3 Å².